The van der Waals surface area contributed by atoms with Crippen LogP contribution >= 0.6 is 0 Å². The van der Waals surface area contributed by atoms with Gasteiger partial charge in [-0.3, -0.25) is 0 Å². The van der Waals surface area contributed by atoms with Crippen molar-refractivity contribution in [1.82, 2.24) is 0 Å². The molecule has 1 aromatic carbocycles. The Morgan fingerprint density at radius 2 is 1.79 bits per heavy atom. The number of ether oxygens (including phenoxy) is 2. The van der Waals surface area contributed by atoms with E-state index in [1.54, 1.807) is 0 Å². The highest BCUT2D eigenvalue weighted by molar-refractivity contribution is 5.99. The fraction of sp³-hybridized carbons (Fsp3) is 0.231. The van der Waals surface area contributed by atoms with Gasteiger partial charge < -0.3 is 19.7 Å². The molecule has 19 heavy (non-hydrogen) atoms. The number of methoxy groups -OCH3 is 2. The molecule has 0 saturated heterocycles. The van der Waals surface area contributed by atoms with Crippen LogP contribution in [0.3, 0.4) is 0 Å². The molecule has 0 bridgehead atoms. The first kappa shape index (κ1) is 14.6. The Kier molecular flexibility index (Phi) is 4.52. The van der Waals surface area contributed by atoms with Gasteiger partial charge >= 0.3 is 11.9 Å². The molecular formula is C13H14O6. The highest BCUT2D eigenvalue weighted by Crippen LogP contribution is 2.34. The van der Waals surface area contributed by atoms with Crippen molar-refractivity contribution in [3.63, 3.8) is 0 Å². The molecule has 0 unspecified atom stereocenters. The van der Waals surface area contributed by atoms with Crippen molar-refractivity contribution in [2.75, 3.05) is 14.2 Å². The van der Waals surface area contributed by atoms with Crippen LogP contribution in [-0.2, 0) is 4.79 Å². The first-order chi connectivity index (χ1) is 8.92. The Morgan fingerprint density at radius 1 is 1.16 bits per heavy atom. The van der Waals surface area contributed by atoms with Crippen LogP contribution in [0.15, 0.2) is 17.7 Å². The second-order valence-corrected chi connectivity index (χ2v) is 3.70. The summed E-state index contributed by atoms with van der Waals surface area (Å²) >= 11 is 0. The van der Waals surface area contributed by atoms with E-state index in [0.29, 0.717) is 0 Å². The lowest BCUT2D eigenvalue weighted by Crippen LogP contribution is -2.06. The zero-order valence-electron chi connectivity index (χ0n) is 10.8. The van der Waals surface area contributed by atoms with Crippen LogP contribution in [0.5, 0.6) is 11.5 Å². The zero-order chi connectivity index (χ0) is 14.6. The topological polar surface area (TPSA) is 93.1 Å². The summed E-state index contributed by atoms with van der Waals surface area (Å²) < 4.78 is 10.0. The van der Waals surface area contributed by atoms with Crippen molar-refractivity contribution in [1.29, 1.82) is 0 Å². The third kappa shape index (κ3) is 3.04. The van der Waals surface area contributed by atoms with Gasteiger partial charge in [-0.05, 0) is 24.6 Å². The summed E-state index contributed by atoms with van der Waals surface area (Å²) in [7, 11) is 2.71. The predicted molar refractivity (Wildman–Crippen MR) is 67.8 cm³/mol. The van der Waals surface area contributed by atoms with Crippen LogP contribution < -0.4 is 9.47 Å². The van der Waals surface area contributed by atoms with Crippen molar-refractivity contribution in [3.05, 3.63) is 28.8 Å². The van der Waals surface area contributed by atoms with Crippen molar-refractivity contribution in [2.45, 2.75) is 6.92 Å². The Labute approximate surface area is 109 Å². The summed E-state index contributed by atoms with van der Waals surface area (Å²) in [6.45, 7) is 1.38. The lowest BCUT2D eigenvalue weighted by Gasteiger charge is -2.12. The number of carboxylic acids is 2. The molecule has 0 aliphatic carbocycles. The summed E-state index contributed by atoms with van der Waals surface area (Å²) in [6, 6.07) is 2.99. The highest BCUT2D eigenvalue weighted by Gasteiger charge is 2.20. The molecule has 0 spiro atoms. The van der Waals surface area contributed by atoms with Crippen molar-refractivity contribution >= 4 is 18.0 Å². The Balaban J connectivity index is 3.53. The van der Waals surface area contributed by atoms with E-state index in [9.17, 15) is 14.7 Å². The van der Waals surface area contributed by atoms with Gasteiger partial charge in [-0.15, -0.1) is 0 Å². The summed E-state index contributed by atoms with van der Waals surface area (Å²) in [5.41, 5.74) is 0.127. The quantitative estimate of drug-likeness (QED) is 0.790. The standard InChI is InChI=1S/C13H14O6/c1-7(12(14)15)6-8-4-5-9(18-2)11(19-3)10(8)13(16)17/h4-6H,1-3H3,(H,14,15)(H,16,17)/b7-6+. The minimum Gasteiger partial charge on any atom is -0.493 e. The maximum Gasteiger partial charge on any atom is 0.340 e. The van der Waals surface area contributed by atoms with E-state index in [-0.39, 0.29) is 28.2 Å². The first-order valence-corrected chi connectivity index (χ1v) is 5.32. The van der Waals surface area contributed by atoms with Crippen LogP contribution in [0.2, 0.25) is 0 Å². The van der Waals surface area contributed by atoms with E-state index in [4.69, 9.17) is 14.6 Å². The monoisotopic (exact) mass is 266 g/mol. The second-order valence-electron chi connectivity index (χ2n) is 3.70. The molecule has 6 nitrogen and oxygen atoms in total. The van der Waals surface area contributed by atoms with Crippen molar-refractivity contribution in [2.24, 2.45) is 0 Å². The summed E-state index contributed by atoms with van der Waals surface area (Å²) in [5.74, 6) is -2.02. The number of aliphatic carboxylic acids is 1. The molecule has 0 aliphatic rings. The number of aromatic carboxylic acids is 1. The predicted octanol–water partition coefficient (Wildman–Crippen LogP) is 1.89. The van der Waals surface area contributed by atoms with E-state index in [1.165, 1.54) is 39.4 Å². The van der Waals surface area contributed by atoms with Crippen LogP contribution in [0, 0.1) is 0 Å². The van der Waals surface area contributed by atoms with E-state index in [2.05, 4.69) is 0 Å². The smallest absolute Gasteiger partial charge is 0.340 e. The molecule has 0 atom stereocenters. The molecule has 0 aliphatic heterocycles. The fourth-order valence-corrected chi connectivity index (χ4v) is 1.58. The lowest BCUT2D eigenvalue weighted by molar-refractivity contribution is -0.132. The van der Waals surface area contributed by atoms with E-state index < -0.39 is 11.9 Å². The SMILES string of the molecule is COc1ccc(/C=C(\C)C(=O)O)c(C(=O)O)c1OC. The maximum atomic E-state index is 11.3. The number of benzene rings is 1. The molecule has 1 aromatic rings. The van der Waals surface area contributed by atoms with Gasteiger partial charge in [-0.1, -0.05) is 6.07 Å². The lowest BCUT2D eigenvalue weighted by atomic mass is 10.0. The van der Waals surface area contributed by atoms with Crippen LogP contribution in [0.1, 0.15) is 22.8 Å². The molecule has 0 saturated carbocycles. The minimum atomic E-state index is -1.22. The number of carbonyl (C=O) groups is 2. The minimum absolute atomic E-state index is 0.0229. The summed E-state index contributed by atoms with van der Waals surface area (Å²) in [6.07, 6.45) is 1.27. The largest absolute Gasteiger partial charge is 0.493 e. The molecule has 1 rings (SSSR count). The third-order valence-electron chi connectivity index (χ3n) is 2.50. The average Bonchev–Trinajstić information content (AvgIpc) is 2.37. The Bertz CT molecular complexity index is 544. The fourth-order valence-electron chi connectivity index (χ4n) is 1.58. The van der Waals surface area contributed by atoms with Gasteiger partial charge in [0.05, 0.1) is 14.2 Å². The van der Waals surface area contributed by atoms with Crippen LogP contribution in [0.25, 0.3) is 6.08 Å². The molecule has 0 aromatic heterocycles. The molecule has 0 heterocycles. The number of hydrogen-bond acceptors (Lipinski definition) is 4. The molecule has 0 radical (unpaired) electrons. The number of hydrogen-bond donors (Lipinski definition) is 2. The first-order valence-electron chi connectivity index (χ1n) is 5.32. The van der Waals surface area contributed by atoms with Gasteiger partial charge in [0.2, 0.25) is 0 Å². The van der Waals surface area contributed by atoms with Gasteiger partial charge in [0.15, 0.2) is 11.5 Å². The van der Waals surface area contributed by atoms with Gasteiger partial charge in [0.1, 0.15) is 5.56 Å². The van der Waals surface area contributed by atoms with E-state index in [0.717, 1.165) is 0 Å². The molecule has 0 fully saturated rings. The zero-order valence-corrected chi connectivity index (χ0v) is 10.8. The summed E-state index contributed by atoms with van der Waals surface area (Å²) in [5, 5.41) is 18.1. The van der Waals surface area contributed by atoms with Crippen molar-refractivity contribution < 1.29 is 29.3 Å². The normalized spacial score (nSPS) is 11.0. The van der Waals surface area contributed by atoms with E-state index in [1.807, 2.05) is 0 Å². The maximum absolute atomic E-state index is 11.3. The number of carboxylic acid groups (broad SMARTS) is 2. The average molecular weight is 266 g/mol. The van der Waals surface area contributed by atoms with E-state index >= 15 is 0 Å². The molecular weight excluding hydrogens is 252 g/mol. The van der Waals surface area contributed by atoms with Gasteiger partial charge in [0, 0.05) is 5.57 Å². The third-order valence-corrected chi connectivity index (χ3v) is 2.50. The van der Waals surface area contributed by atoms with Gasteiger partial charge in [-0.2, -0.15) is 0 Å². The Hall–Kier alpha value is -2.50. The molecule has 102 valence electrons. The highest BCUT2D eigenvalue weighted by atomic mass is 16.5. The van der Waals surface area contributed by atoms with Gasteiger partial charge in [0.25, 0.3) is 0 Å². The molecule has 2 N–H and O–H groups in total. The molecule has 6 heteroatoms. The summed E-state index contributed by atoms with van der Waals surface area (Å²) in [4.78, 5) is 22.1. The Morgan fingerprint density at radius 3 is 2.21 bits per heavy atom. The van der Waals surface area contributed by atoms with Crippen molar-refractivity contribution in [3.8, 4) is 11.5 Å². The number of rotatable bonds is 5. The molecule has 0 amide bonds. The second kappa shape index (κ2) is 5.90. The van der Waals surface area contributed by atoms with Crippen LogP contribution in [-0.4, -0.2) is 36.4 Å². The van der Waals surface area contributed by atoms with Crippen LogP contribution in [0.4, 0.5) is 0 Å². The van der Waals surface area contributed by atoms with Gasteiger partial charge in [-0.25, -0.2) is 9.59 Å².